The molecule has 1 heterocycles. The molecule has 0 aliphatic carbocycles. The number of hydrogen-bond acceptors (Lipinski definition) is 2. The van der Waals surface area contributed by atoms with Crippen LogP contribution in [0.5, 0.6) is 0 Å². The summed E-state index contributed by atoms with van der Waals surface area (Å²) >= 11 is 3.30. The van der Waals surface area contributed by atoms with Crippen molar-refractivity contribution in [2.24, 2.45) is 0 Å². The van der Waals surface area contributed by atoms with Gasteiger partial charge >= 0.3 is 57.4 Å². The monoisotopic (exact) mass is 282 g/mol. The van der Waals surface area contributed by atoms with Gasteiger partial charge in [0, 0.05) is 4.47 Å². The summed E-state index contributed by atoms with van der Waals surface area (Å²) in [5.41, 5.74) is 0.913. The third-order valence-electron chi connectivity index (χ3n) is 1.93. The van der Waals surface area contributed by atoms with E-state index in [9.17, 15) is 4.79 Å². The van der Waals surface area contributed by atoms with Gasteiger partial charge in [-0.1, -0.05) is 28.1 Å². The van der Waals surface area contributed by atoms with Gasteiger partial charge in [-0.25, -0.2) is 4.79 Å². The summed E-state index contributed by atoms with van der Waals surface area (Å²) in [6.45, 7) is 0. The molecule has 1 aliphatic heterocycles. The molecule has 2 atom stereocenters. The summed E-state index contributed by atoms with van der Waals surface area (Å²) < 4.78 is 5.97. The second kappa shape index (κ2) is 5.20. The Morgan fingerprint density at radius 2 is 2.00 bits per heavy atom. The van der Waals surface area contributed by atoms with Crippen LogP contribution >= 0.6 is 15.9 Å². The predicted molar refractivity (Wildman–Crippen MR) is 50.5 cm³/mol. The van der Waals surface area contributed by atoms with Crippen LogP contribution in [0.1, 0.15) is 13.1 Å². The van der Waals surface area contributed by atoms with Crippen molar-refractivity contribution in [2.75, 3.05) is 0 Å². The summed E-state index contributed by atoms with van der Waals surface area (Å²) in [4.78, 5) is 10.5. The van der Waals surface area contributed by atoms with E-state index in [0.717, 1.165) is 10.0 Å². The molecule has 0 radical (unpaired) electrons. The van der Waals surface area contributed by atoms with E-state index in [-0.39, 0.29) is 58.9 Å². The molecule has 2 unspecified atom stereocenters. The second-order valence-corrected chi connectivity index (χ2v) is 3.78. The van der Waals surface area contributed by atoms with Crippen LogP contribution in [0.15, 0.2) is 28.7 Å². The van der Waals surface area contributed by atoms with Gasteiger partial charge in [0.2, 0.25) is 0 Å². The summed E-state index contributed by atoms with van der Waals surface area (Å²) in [7, 11) is 0. The van der Waals surface area contributed by atoms with Crippen molar-refractivity contribution in [3.05, 3.63) is 34.3 Å². The minimum absolute atomic E-state index is 0. The quantitative estimate of drug-likeness (QED) is 0.565. The molecule has 1 aliphatic rings. The number of carboxylic acid groups (broad SMARTS) is 1. The number of carboxylic acids is 1. The Morgan fingerprint density at radius 1 is 1.43 bits per heavy atom. The molecular formula is C9H8BrKO3. The van der Waals surface area contributed by atoms with Crippen LogP contribution < -0.4 is 51.4 Å². The Labute approximate surface area is 134 Å². The maximum atomic E-state index is 10.5. The van der Waals surface area contributed by atoms with Gasteiger partial charge in [-0.3, -0.25) is 0 Å². The van der Waals surface area contributed by atoms with Gasteiger partial charge in [0.15, 0.2) is 6.10 Å². The smallest absolute Gasteiger partial charge is 1.00 e. The molecule has 1 aromatic rings. The molecule has 1 fully saturated rings. The average Bonchev–Trinajstić information content (AvgIpc) is 2.85. The van der Waals surface area contributed by atoms with E-state index in [0.29, 0.717) is 0 Å². The fourth-order valence-corrected chi connectivity index (χ4v) is 1.47. The Balaban J connectivity index is 0.000000980. The summed E-state index contributed by atoms with van der Waals surface area (Å²) in [5.74, 6) is -0.895. The van der Waals surface area contributed by atoms with Gasteiger partial charge in [-0.05, 0) is 17.7 Å². The largest absolute Gasteiger partial charge is 1.00 e. The van der Waals surface area contributed by atoms with E-state index in [1.54, 1.807) is 0 Å². The number of ether oxygens (including phenoxy) is 1. The first-order valence-corrected chi connectivity index (χ1v) is 4.61. The molecule has 1 saturated heterocycles. The molecule has 1 aromatic carbocycles. The molecule has 70 valence electrons. The first-order chi connectivity index (χ1) is 6.18. The average molecular weight is 283 g/mol. The first kappa shape index (κ1) is 12.8. The van der Waals surface area contributed by atoms with E-state index in [4.69, 9.17) is 9.84 Å². The van der Waals surface area contributed by atoms with Crippen molar-refractivity contribution in [3.8, 4) is 0 Å². The zero-order chi connectivity index (χ0) is 9.42. The van der Waals surface area contributed by atoms with E-state index >= 15 is 0 Å². The van der Waals surface area contributed by atoms with Crippen molar-refractivity contribution in [1.82, 2.24) is 0 Å². The van der Waals surface area contributed by atoms with Gasteiger partial charge in [0.1, 0.15) is 6.10 Å². The molecule has 0 saturated carbocycles. The maximum Gasteiger partial charge on any atom is 1.00 e. The molecule has 0 aromatic heterocycles. The van der Waals surface area contributed by atoms with Crippen LogP contribution in [0.3, 0.4) is 0 Å². The third kappa shape index (κ3) is 2.88. The van der Waals surface area contributed by atoms with Crippen LogP contribution in [0.4, 0.5) is 0 Å². The standard InChI is InChI=1S/C9H7BrO3.K.H/c10-6-3-1-5(2-4-6)7-8(13-7)9(11)12;;/h1-4,7-8H,(H,11,12);;/q;+1;-1. The van der Waals surface area contributed by atoms with E-state index in [1.165, 1.54) is 0 Å². The molecule has 2 rings (SSSR count). The van der Waals surface area contributed by atoms with Gasteiger partial charge in [0.05, 0.1) is 0 Å². The van der Waals surface area contributed by atoms with Gasteiger partial charge in [0.25, 0.3) is 0 Å². The second-order valence-electron chi connectivity index (χ2n) is 2.87. The van der Waals surface area contributed by atoms with Crippen LogP contribution in [0, 0.1) is 0 Å². The molecule has 3 nitrogen and oxygen atoms in total. The number of halogens is 1. The maximum absolute atomic E-state index is 10.5. The number of benzene rings is 1. The first-order valence-electron chi connectivity index (χ1n) is 3.82. The number of rotatable bonds is 2. The SMILES string of the molecule is O=C(O)C1OC1c1ccc(Br)cc1.[H-].[K+]. The van der Waals surface area contributed by atoms with Crippen LogP contribution in [0.2, 0.25) is 0 Å². The minimum atomic E-state index is -0.895. The van der Waals surface area contributed by atoms with Gasteiger partial charge in [-0.2, -0.15) is 0 Å². The van der Waals surface area contributed by atoms with Gasteiger partial charge in [-0.15, -0.1) is 0 Å². The summed E-state index contributed by atoms with van der Waals surface area (Å²) in [6.07, 6.45) is -0.910. The number of carbonyl (C=O) groups is 1. The summed E-state index contributed by atoms with van der Waals surface area (Å²) in [5, 5.41) is 8.61. The Morgan fingerprint density at radius 3 is 2.43 bits per heavy atom. The van der Waals surface area contributed by atoms with Crippen LogP contribution in [-0.2, 0) is 9.53 Å². The van der Waals surface area contributed by atoms with E-state index in [1.807, 2.05) is 24.3 Å². The molecule has 14 heavy (non-hydrogen) atoms. The zero-order valence-corrected chi connectivity index (χ0v) is 12.3. The molecule has 0 bridgehead atoms. The Kier molecular flexibility index (Phi) is 4.77. The predicted octanol–water partition coefficient (Wildman–Crippen LogP) is -0.910. The van der Waals surface area contributed by atoms with Crippen molar-refractivity contribution in [3.63, 3.8) is 0 Å². The number of epoxide rings is 1. The fraction of sp³-hybridized carbons (Fsp3) is 0.222. The van der Waals surface area contributed by atoms with Crippen molar-refractivity contribution in [1.29, 1.82) is 0 Å². The Hall–Kier alpha value is 0.766. The molecule has 5 heteroatoms. The van der Waals surface area contributed by atoms with E-state index in [2.05, 4.69) is 15.9 Å². The Bertz CT molecular complexity index is 344. The molecule has 0 amide bonds. The van der Waals surface area contributed by atoms with E-state index < -0.39 is 12.1 Å². The van der Waals surface area contributed by atoms with Crippen LogP contribution in [0.25, 0.3) is 0 Å². The van der Waals surface area contributed by atoms with Crippen molar-refractivity contribution < 1.29 is 67.4 Å². The van der Waals surface area contributed by atoms with Crippen LogP contribution in [-0.4, -0.2) is 17.2 Å². The van der Waals surface area contributed by atoms with Gasteiger partial charge < -0.3 is 11.3 Å². The minimum Gasteiger partial charge on any atom is -1.00 e. The van der Waals surface area contributed by atoms with Crippen molar-refractivity contribution in [2.45, 2.75) is 12.2 Å². The number of hydrogen-bond donors (Lipinski definition) is 1. The normalized spacial score (nSPS) is 23.8. The summed E-state index contributed by atoms with van der Waals surface area (Å²) in [6, 6.07) is 7.46. The zero-order valence-electron chi connectivity index (χ0n) is 8.61. The molecular weight excluding hydrogens is 275 g/mol. The third-order valence-corrected chi connectivity index (χ3v) is 2.46. The van der Waals surface area contributed by atoms with Crippen molar-refractivity contribution >= 4 is 21.9 Å². The topological polar surface area (TPSA) is 49.8 Å². The fourth-order valence-electron chi connectivity index (χ4n) is 1.21. The number of aliphatic carboxylic acids is 1. The molecule has 0 spiro atoms. The molecule has 1 N–H and O–H groups in total.